The van der Waals surface area contributed by atoms with Crippen LogP contribution in [0.2, 0.25) is 0 Å². The van der Waals surface area contributed by atoms with Gasteiger partial charge in [0, 0.05) is 24.3 Å². The van der Waals surface area contributed by atoms with Crippen molar-refractivity contribution in [1.29, 1.82) is 0 Å². The molecular weight excluding hydrogens is 148 g/mol. The third kappa shape index (κ3) is 1.33. The molecule has 0 radical (unpaired) electrons. The maximum absolute atomic E-state index is 10.9. The highest BCUT2D eigenvalue weighted by atomic mass is 32.2. The summed E-state index contributed by atoms with van der Waals surface area (Å²) in [7, 11) is 1.80. The van der Waals surface area contributed by atoms with Gasteiger partial charge in [-0.3, -0.25) is 0 Å². The number of hydrogen-bond donors (Lipinski definition) is 0. The third-order valence-corrected chi connectivity index (χ3v) is 2.22. The van der Waals surface area contributed by atoms with Crippen molar-refractivity contribution in [3.8, 4) is 0 Å². The van der Waals surface area contributed by atoms with Crippen LogP contribution in [0, 0.1) is 6.92 Å². The smallest absolute Gasteiger partial charge is 0.242 e. The molecule has 1 aromatic heterocycles. The highest BCUT2D eigenvalue weighted by Gasteiger charge is 2.09. The van der Waals surface area contributed by atoms with E-state index in [1.165, 1.54) is 0 Å². The van der Waals surface area contributed by atoms with Gasteiger partial charge in [0.15, 0.2) is 0 Å². The summed E-state index contributed by atoms with van der Waals surface area (Å²) in [6, 6.07) is 1.83. The van der Waals surface area contributed by atoms with Gasteiger partial charge < -0.3 is 4.55 Å². The second-order valence-corrected chi connectivity index (χ2v) is 3.53. The molecule has 0 spiro atoms. The van der Waals surface area contributed by atoms with Crippen LogP contribution in [0.3, 0.4) is 0 Å². The molecule has 1 atom stereocenters. The van der Waals surface area contributed by atoms with Crippen LogP contribution in [0.1, 0.15) is 5.69 Å². The summed E-state index contributed by atoms with van der Waals surface area (Å²) in [5.74, 6) is 0. The Morgan fingerprint density at radius 1 is 1.70 bits per heavy atom. The average Bonchev–Trinajstić information content (AvgIpc) is 2.10. The standard InChI is InChI=1S/C6H10N2OS/c1-5-4-6(10(3)9)8(2)7-5/h4H,1-3H3. The van der Waals surface area contributed by atoms with E-state index in [1.807, 2.05) is 13.0 Å². The monoisotopic (exact) mass is 158 g/mol. The first kappa shape index (κ1) is 7.63. The molecule has 0 saturated carbocycles. The first-order chi connectivity index (χ1) is 4.61. The fourth-order valence-electron chi connectivity index (χ4n) is 0.856. The molecule has 1 heterocycles. The highest BCUT2D eigenvalue weighted by Crippen LogP contribution is 2.08. The highest BCUT2D eigenvalue weighted by molar-refractivity contribution is 7.90. The van der Waals surface area contributed by atoms with Gasteiger partial charge in [-0.2, -0.15) is 5.10 Å². The van der Waals surface area contributed by atoms with E-state index in [-0.39, 0.29) is 0 Å². The normalized spacial score (nSPS) is 13.6. The molecule has 10 heavy (non-hydrogen) atoms. The molecule has 1 aromatic rings. The van der Waals surface area contributed by atoms with Crippen molar-refractivity contribution in [2.45, 2.75) is 11.9 Å². The number of aryl methyl sites for hydroxylation is 2. The lowest BCUT2D eigenvalue weighted by Gasteiger charge is -2.01. The summed E-state index contributed by atoms with van der Waals surface area (Å²) in [6.45, 7) is 1.89. The van der Waals surface area contributed by atoms with Gasteiger partial charge in [-0.1, -0.05) is 0 Å². The molecule has 0 aliphatic heterocycles. The van der Waals surface area contributed by atoms with Gasteiger partial charge in [-0.15, -0.1) is 0 Å². The lowest BCUT2D eigenvalue weighted by molar-refractivity contribution is 0.581. The molecule has 0 amide bonds. The van der Waals surface area contributed by atoms with Crippen molar-refractivity contribution in [2.24, 2.45) is 7.05 Å². The Labute approximate surface area is 63.2 Å². The number of nitrogens with zero attached hydrogens (tertiary/aromatic N) is 2. The molecule has 1 unspecified atom stereocenters. The number of hydrogen-bond acceptors (Lipinski definition) is 2. The summed E-state index contributed by atoms with van der Waals surface area (Å²) >= 11 is -0.919. The van der Waals surface area contributed by atoms with Crippen LogP contribution >= 0.6 is 0 Å². The average molecular weight is 158 g/mol. The van der Waals surface area contributed by atoms with Gasteiger partial charge in [-0.25, -0.2) is 4.68 Å². The van der Waals surface area contributed by atoms with Crippen LogP contribution in [0.5, 0.6) is 0 Å². The molecule has 0 aromatic carbocycles. The zero-order valence-corrected chi connectivity index (χ0v) is 7.10. The molecule has 4 heteroatoms. The van der Waals surface area contributed by atoms with E-state index in [9.17, 15) is 4.55 Å². The largest absolute Gasteiger partial charge is 0.610 e. The van der Waals surface area contributed by atoms with Crippen molar-refractivity contribution in [2.75, 3.05) is 6.26 Å². The Morgan fingerprint density at radius 2 is 2.30 bits per heavy atom. The molecule has 0 fully saturated rings. The quantitative estimate of drug-likeness (QED) is 0.557. The molecule has 1 rings (SSSR count). The van der Waals surface area contributed by atoms with Crippen LogP contribution in [0.4, 0.5) is 0 Å². The Morgan fingerprint density at radius 3 is 2.50 bits per heavy atom. The second-order valence-electron chi connectivity index (χ2n) is 2.20. The van der Waals surface area contributed by atoms with Gasteiger partial charge in [0.1, 0.15) is 6.26 Å². The number of aromatic nitrogens is 2. The van der Waals surface area contributed by atoms with E-state index in [0.717, 1.165) is 10.7 Å². The van der Waals surface area contributed by atoms with Crippen molar-refractivity contribution < 1.29 is 4.55 Å². The molecule has 0 saturated heterocycles. The molecule has 3 nitrogen and oxygen atoms in total. The molecule has 0 bridgehead atoms. The Hall–Kier alpha value is -0.480. The van der Waals surface area contributed by atoms with Gasteiger partial charge >= 0.3 is 0 Å². The first-order valence-electron chi connectivity index (χ1n) is 2.95. The maximum atomic E-state index is 10.9. The third-order valence-electron chi connectivity index (χ3n) is 1.25. The van der Waals surface area contributed by atoms with Gasteiger partial charge in [-0.05, 0) is 6.92 Å². The number of rotatable bonds is 1. The van der Waals surface area contributed by atoms with Crippen molar-refractivity contribution >= 4 is 11.2 Å². The zero-order chi connectivity index (χ0) is 7.72. The minimum absolute atomic E-state index is 0.775. The summed E-state index contributed by atoms with van der Waals surface area (Å²) in [4.78, 5) is 0. The van der Waals surface area contributed by atoms with Crippen LogP contribution in [-0.4, -0.2) is 20.6 Å². The van der Waals surface area contributed by atoms with Gasteiger partial charge in [0.2, 0.25) is 5.03 Å². The topological polar surface area (TPSA) is 40.9 Å². The molecule has 0 aliphatic rings. The Balaban J connectivity index is 3.03. The van der Waals surface area contributed by atoms with Crippen LogP contribution in [-0.2, 0) is 18.2 Å². The lowest BCUT2D eigenvalue weighted by atomic mass is 10.5. The van der Waals surface area contributed by atoms with Crippen molar-refractivity contribution in [1.82, 2.24) is 9.78 Å². The lowest BCUT2D eigenvalue weighted by Crippen LogP contribution is -2.04. The Bertz CT molecular complexity index is 232. The Kier molecular flexibility index (Phi) is 2.01. The zero-order valence-electron chi connectivity index (χ0n) is 6.29. The first-order valence-corrected chi connectivity index (χ1v) is 4.51. The van der Waals surface area contributed by atoms with Crippen LogP contribution in [0.25, 0.3) is 0 Å². The van der Waals surface area contributed by atoms with Crippen LogP contribution in [0.15, 0.2) is 11.1 Å². The second kappa shape index (κ2) is 2.64. The fraction of sp³-hybridized carbons (Fsp3) is 0.500. The van der Waals surface area contributed by atoms with Crippen molar-refractivity contribution in [3.63, 3.8) is 0 Å². The van der Waals surface area contributed by atoms with E-state index in [0.29, 0.717) is 0 Å². The predicted molar refractivity (Wildman–Crippen MR) is 40.3 cm³/mol. The minimum atomic E-state index is -0.919. The summed E-state index contributed by atoms with van der Waals surface area (Å²) in [5, 5.41) is 4.83. The van der Waals surface area contributed by atoms with E-state index in [1.54, 1.807) is 18.0 Å². The minimum Gasteiger partial charge on any atom is -0.610 e. The van der Waals surface area contributed by atoms with E-state index in [4.69, 9.17) is 0 Å². The molecule has 0 N–H and O–H groups in total. The summed E-state index contributed by atoms with van der Waals surface area (Å²) in [5.41, 5.74) is 0.910. The fourth-order valence-corrected chi connectivity index (χ4v) is 1.61. The van der Waals surface area contributed by atoms with E-state index in [2.05, 4.69) is 5.10 Å². The van der Waals surface area contributed by atoms with Crippen molar-refractivity contribution in [3.05, 3.63) is 11.8 Å². The maximum Gasteiger partial charge on any atom is 0.242 e. The van der Waals surface area contributed by atoms with Crippen LogP contribution < -0.4 is 0 Å². The van der Waals surface area contributed by atoms with E-state index >= 15 is 0 Å². The summed E-state index contributed by atoms with van der Waals surface area (Å²) < 4.78 is 12.6. The summed E-state index contributed by atoms with van der Waals surface area (Å²) in [6.07, 6.45) is 1.65. The molecule has 0 aliphatic carbocycles. The SMILES string of the molecule is Cc1cc([S+](C)[O-])n(C)n1. The van der Waals surface area contributed by atoms with Gasteiger partial charge in [0.25, 0.3) is 0 Å². The van der Waals surface area contributed by atoms with E-state index < -0.39 is 11.2 Å². The predicted octanol–water partition coefficient (Wildman–Crippen LogP) is 0.466. The molecule has 56 valence electrons. The van der Waals surface area contributed by atoms with Gasteiger partial charge in [0.05, 0.1) is 5.69 Å². The molecular formula is C6H10N2OS.